The lowest BCUT2D eigenvalue weighted by molar-refractivity contribution is 0.568. The van der Waals surface area contributed by atoms with Crippen LogP contribution >= 0.6 is 34.8 Å². The van der Waals surface area contributed by atoms with Crippen molar-refractivity contribution < 1.29 is 8.42 Å². The minimum Gasteiger partial charge on any atom is -0.212 e. The molecule has 0 saturated heterocycles. The first-order chi connectivity index (χ1) is 7.85. The second-order valence-electron chi connectivity index (χ2n) is 3.52. The van der Waals surface area contributed by atoms with Crippen LogP contribution in [0.15, 0.2) is 18.2 Å². The molecule has 0 heterocycles. The lowest BCUT2D eigenvalue weighted by atomic mass is 10.1. The number of alkyl halides is 1. The first-order valence-corrected chi connectivity index (χ1v) is 7.81. The van der Waals surface area contributed by atoms with Crippen molar-refractivity contribution in [3.8, 4) is 0 Å². The quantitative estimate of drug-likeness (QED) is 0.848. The Morgan fingerprint density at radius 3 is 2.47 bits per heavy atom. The van der Waals surface area contributed by atoms with Gasteiger partial charge in [0.25, 0.3) is 0 Å². The molecule has 0 aliphatic carbocycles. The van der Waals surface area contributed by atoms with E-state index in [4.69, 9.17) is 34.8 Å². The molecule has 17 heavy (non-hydrogen) atoms. The van der Waals surface area contributed by atoms with Gasteiger partial charge in [0.15, 0.2) is 0 Å². The maximum Gasteiger partial charge on any atom is 0.213 e. The molecule has 3 nitrogen and oxygen atoms in total. The molecule has 1 atom stereocenters. The Kier molecular flexibility index (Phi) is 5.54. The van der Waals surface area contributed by atoms with Crippen molar-refractivity contribution in [1.82, 2.24) is 4.72 Å². The van der Waals surface area contributed by atoms with Crippen LogP contribution in [0.5, 0.6) is 0 Å². The van der Waals surface area contributed by atoms with E-state index in [-0.39, 0.29) is 17.7 Å². The number of hydrogen-bond donors (Lipinski definition) is 1. The molecule has 0 aromatic heterocycles. The summed E-state index contributed by atoms with van der Waals surface area (Å²) in [4.78, 5) is 0. The van der Waals surface area contributed by atoms with E-state index in [2.05, 4.69) is 4.72 Å². The van der Waals surface area contributed by atoms with E-state index in [0.29, 0.717) is 10.0 Å². The molecule has 1 N–H and O–H groups in total. The second kappa shape index (κ2) is 6.25. The second-order valence-corrected chi connectivity index (χ2v) is 6.59. The number of sulfonamides is 1. The summed E-state index contributed by atoms with van der Waals surface area (Å²) < 4.78 is 25.5. The van der Waals surface area contributed by atoms with Crippen LogP contribution in [-0.4, -0.2) is 20.1 Å². The summed E-state index contributed by atoms with van der Waals surface area (Å²) in [6.07, 6.45) is 0. The molecule has 0 spiro atoms. The van der Waals surface area contributed by atoms with E-state index in [9.17, 15) is 8.42 Å². The molecule has 7 heteroatoms. The minimum atomic E-state index is -3.36. The fourth-order valence-electron chi connectivity index (χ4n) is 1.28. The van der Waals surface area contributed by atoms with Crippen LogP contribution in [0.25, 0.3) is 0 Å². The molecule has 0 radical (unpaired) electrons. The van der Waals surface area contributed by atoms with Gasteiger partial charge in [0.2, 0.25) is 10.0 Å². The van der Waals surface area contributed by atoms with Gasteiger partial charge in [0.05, 0.1) is 15.8 Å². The molecule has 0 saturated carbocycles. The number of halogens is 3. The van der Waals surface area contributed by atoms with E-state index in [0.717, 1.165) is 5.56 Å². The van der Waals surface area contributed by atoms with Gasteiger partial charge in [0, 0.05) is 11.9 Å². The fourth-order valence-corrected chi connectivity index (χ4v) is 3.19. The standard InChI is InChI=1S/C10H12Cl3NO2S/c1-7(14-17(15,16)5-4-11)8-2-3-9(12)10(13)6-8/h2-3,6-7,14H,4-5H2,1H3. The van der Waals surface area contributed by atoms with Crippen molar-refractivity contribution in [3.63, 3.8) is 0 Å². The summed E-state index contributed by atoms with van der Waals surface area (Å²) in [5.41, 5.74) is 0.748. The molecular weight excluding hydrogens is 305 g/mol. The van der Waals surface area contributed by atoms with Gasteiger partial charge in [-0.05, 0) is 24.6 Å². The molecule has 0 aliphatic heterocycles. The Bertz CT molecular complexity index is 490. The molecule has 1 rings (SSSR count). The van der Waals surface area contributed by atoms with Crippen LogP contribution in [0, 0.1) is 0 Å². The third-order valence-electron chi connectivity index (χ3n) is 2.15. The molecule has 0 fully saturated rings. The highest BCUT2D eigenvalue weighted by atomic mass is 35.5. The Morgan fingerprint density at radius 2 is 1.94 bits per heavy atom. The van der Waals surface area contributed by atoms with Gasteiger partial charge >= 0.3 is 0 Å². The maximum absolute atomic E-state index is 11.5. The van der Waals surface area contributed by atoms with Gasteiger partial charge in [-0.2, -0.15) is 0 Å². The average Bonchev–Trinajstić information content (AvgIpc) is 2.21. The van der Waals surface area contributed by atoms with Gasteiger partial charge in [-0.15, -0.1) is 11.6 Å². The highest BCUT2D eigenvalue weighted by Crippen LogP contribution is 2.25. The SMILES string of the molecule is CC(NS(=O)(=O)CCCl)c1ccc(Cl)c(Cl)c1. The van der Waals surface area contributed by atoms with E-state index in [1.165, 1.54) is 0 Å². The number of rotatable bonds is 5. The van der Waals surface area contributed by atoms with Crippen molar-refractivity contribution in [1.29, 1.82) is 0 Å². The van der Waals surface area contributed by atoms with E-state index < -0.39 is 10.0 Å². The normalized spacial score (nSPS) is 13.6. The van der Waals surface area contributed by atoms with Crippen LogP contribution < -0.4 is 4.72 Å². The Balaban J connectivity index is 2.83. The Morgan fingerprint density at radius 1 is 1.29 bits per heavy atom. The van der Waals surface area contributed by atoms with Crippen LogP contribution in [-0.2, 0) is 10.0 Å². The molecule has 0 aliphatic rings. The van der Waals surface area contributed by atoms with Crippen LogP contribution in [0.2, 0.25) is 10.0 Å². The van der Waals surface area contributed by atoms with Gasteiger partial charge in [-0.3, -0.25) is 0 Å². The van der Waals surface area contributed by atoms with Crippen molar-refractivity contribution >= 4 is 44.8 Å². The topological polar surface area (TPSA) is 46.2 Å². The average molecular weight is 317 g/mol. The Labute approximate surface area is 116 Å². The molecule has 1 aromatic carbocycles. The summed E-state index contributed by atoms with van der Waals surface area (Å²) in [5, 5.41) is 0.832. The zero-order valence-electron chi connectivity index (χ0n) is 9.08. The largest absolute Gasteiger partial charge is 0.213 e. The summed E-state index contributed by atoms with van der Waals surface area (Å²) in [7, 11) is -3.36. The van der Waals surface area contributed by atoms with Crippen LogP contribution in [0.3, 0.4) is 0 Å². The van der Waals surface area contributed by atoms with E-state index in [1.54, 1.807) is 25.1 Å². The van der Waals surface area contributed by atoms with Crippen molar-refractivity contribution in [2.24, 2.45) is 0 Å². The summed E-state index contributed by atoms with van der Waals surface area (Å²) >= 11 is 17.0. The van der Waals surface area contributed by atoms with Crippen molar-refractivity contribution in [3.05, 3.63) is 33.8 Å². The lowest BCUT2D eigenvalue weighted by Crippen LogP contribution is -2.29. The van der Waals surface area contributed by atoms with Gasteiger partial charge in [-0.1, -0.05) is 29.3 Å². The zero-order chi connectivity index (χ0) is 13.1. The number of nitrogens with one attached hydrogen (secondary N) is 1. The third kappa shape index (κ3) is 4.64. The lowest BCUT2D eigenvalue weighted by Gasteiger charge is -2.14. The van der Waals surface area contributed by atoms with Gasteiger partial charge in [-0.25, -0.2) is 13.1 Å². The Hall–Kier alpha value is -0.000000000000000111. The van der Waals surface area contributed by atoms with Gasteiger partial charge < -0.3 is 0 Å². The molecule has 1 unspecified atom stereocenters. The highest BCUT2D eigenvalue weighted by Gasteiger charge is 2.15. The molecule has 1 aromatic rings. The summed E-state index contributed by atoms with van der Waals surface area (Å²) in [5.74, 6) is -0.0519. The predicted molar refractivity (Wildman–Crippen MR) is 72.5 cm³/mol. The monoisotopic (exact) mass is 315 g/mol. The van der Waals surface area contributed by atoms with Crippen LogP contribution in [0.1, 0.15) is 18.5 Å². The first kappa shape index (κ1) is 15.1. The smallest absolute Gasteiger partial charge is 0.212 e. The fraction of sp³-hybridized carbons (Fsp3) is 0.400. The summed E-state index contributed by atoms with van der Waals surface area (Å²) in [6, 6.07) is 4.61. The van der Waals surface area contributed by atoms with Crippen LogP contribution in [0.4, 0.5) is 0 Å². The van der Waals surface area contributed by atoms with E-state index >= 15 is 0 Å². The molecular formula is C10H12Cl3NO2S. The summed E-state index contributed by atoms with van der Waals surface area (Å²) in [6.45, 7) is 1.73. The number of benzene rings is 1. The maximum atomic E-state index is 11.5. The highest BCUT2D eigenvalue weighted by molar-refractivity contribution is 7.89. The predicted octanol–water partition coefficient (Wildman–Crippen LogP) is 3.21. The number of hydrogen-bond acceptors (Lipinski definition) is 2. The molecule has 0 amide bonds. The minimum absolute atomic E-state index is 0.0590. The zero-order valence-corrected chi connectivity index (χ0v) is 12.2. The van der Waals surface area contributed by atoms with Gasteiger partial charge in [0.1, 0.15) is 0 Å². The van der Waals surface area contributed by atoms with Crippen molar-refractivity contribution in [2.75, 3.05) is 11.6 Å². The molecule has 0 bridgehead atoms. The van der Waals surface area contributed by atoms with E-state index in [1.807, 2.05) is 0 Å². The molecule has 96 valence electrons. The first-order valence-electron chi connectivity index (χ1n) is 4.86. The third-order valence-corrected chi connectivity index (χ3v) is 4.75. The van der Waals surface area contributed by atoms with Crippen molar-refractivity contribution in [2.45, 2.75) is 13.0 Å².